The van der Waals surface area contributed by atoms with Crippen LogP contribution in [0.15, 0.2) is 48.5 Å². The highest BCUT2D eigenvalue weighted by Gasteiger charge is 2.14. The van der Waals surface area contributed by atoms with Crippen LogP contribution in [0.4, 0.5) is 5.69 Å². The molecule has 0 unspecified atom stereocenters. The van der Waals surface area contributed by atoms with Gasteiger partial charge < -0.3 is 14.8 Å². The maximum atomic E-state index is 12.7. The lowest BCUT2D eigenvalue weighted by atomic mass is 10.1. The predicted octanol–water partition coefficient (Wildman–Crippen LogP) is 5.30. The quantitative estimate of drug-likeness (QED) is 0.597. The van der Waals surface area contributed by atoms with Crippen molar-refractivity contribution in [2.24, 2.45) is 0 Å². The van der Waals surface area contributed by atoms with E-state index in [1.165, 1.54) is 12.8 Å². The summed E-state index contributed by atoms with van der Waals surface area (Å²) in [4.78, 5) is 12.7. The highest BCUT2D eigenvalue weighted by atomic mass is 16.5. The Morgan fingerprint density at radius 3 is 2.36 bits per heavy atom. The van der Waals surface area contributed by atoms with Crippen molar-refractivity contribution >= 4 is 11.6 Å². The van der Waals surface area contributed by atoms with Gasteiger partial charge in [0.15, 0.2) is 0 Å². The fraction of sp³-hybridized carbons (Fsp3) is 0.381. The van der Waals surface area contributed by atoms with Crippen LogP contribution in [-0.2, 0) is 0 Å². The molecule has 0 atom stereocenters. The molecule has 0 saturated carbocycles. The Morgan fingerprint density at radius 1 is 0.880 bits per heavy atom. The number of rotatable bonds is 10. The topological polar surface area (TPSA) is 47.6 Å². The third kappa shape index (κ3) is 5.82. The Morgan fingerprint density at radius 2 is 1.60 bits per heavy atom. The standard InChI is InChI=1S/C21H27NO3/c1-3-5-6-11-16-25-19-14-9-7-12-17(19)21(23)22-18-13-8-10-15-20(18)24-4-2/h7-10,12-15H,3-6,11,16H2,1-2H3,(H,22,23). The van der Waals surface area contributed by atoms with E-state index in [0.717, 1.165) is 12.8 Å². The van der Waals surface area contributed by atoms with Crippen LogP contribution >= 0.6 is 0 Å². The van der Waals surface area contributed by atoms with E-state index in [9.17, 15) is 4.79 Å². The van der Waals surface area contributed by atoms with Gasteiger partial charge in [-0.25, -0.2) is 0 Å². The molecule has 0 saturated heterocycles. The Balaban J connectivity index is 2.04. The van der Waals surface area contributed by atoms with Crippen LogP contribution in [0.1, 0.15) is 49.9 Å². The van der Waals surface area contributed by atoms with Gasteiger partial charge in [0.1, 0.15) is 11.5 Å². The van der Waals surface area contributed by atoms with Crippen LogP contribution in [0.25, 0.3) is 0 Å². The monoisotopic (exact) mass is 341 g/mol. The number of unbranched alkanes of at least 4 members (excludes halogenated alkanes) is 3. The summed E-state index contributed by atoms with van der Waals surface area (Å²) in [5.74, 6) is 1.08. The van der Waals surface area contributed by atoms with Crippen LogP contribution in [0.3, 0.4) is 0 Å². The first kappa shape index (κ1) is 18.8. The third-order valence-corrected chi connectivity index (χ3v) is 3.82. The van der Waals surface area contributed by atoms with Crippen molar-refractivity contribution in [2.75, 3.05) is 18.5 Å². The lowest BCUT2D eigenvalue weighted by molar-refractivity contribution is 0.102. The van der Waals surface area contributed by atoms with Gasteiger partial charge >= 0.3 is 0 Å². The van der Waals surface area contributed by atoms with Gasteiger partial charge in [0.05, 0.1) is 24.5 Å². The predicted molar refractivity (Wildman–Crippen MR) is 102 cm³/mol. The molecule has 1 amide bonds. The lowest BCUT2D eigenvalue weighted by Crippen LogP contribution is -2.14. The van der Waals surface area contributed by atoms with E-state index in [-0.39, 0.29) is 5.91 Å². The third-order valence-electron chi connectivity index (χ3n) is 3.82. The first-order chi connectivity index (χ1) is 12.3. The fourth-order valence-corrected chi connectivity index (χ4v) is 2.53. The van der Waals surface area contributed by atoms with Gasteiger partial charge in [-0.1, -0.05) is 50.5 Å². The Bertz CT molecular complexity index is 670. The van der Waals surface area contributed by atoms with E-state index in [2.05, 4.69) is 12.2 Å². The minimum absolute atomic E-state index is 0.198. The fourth-order valence-electron chi connectivity index (χ4n) is 2.53. The summed E-state index contributed by atoms with van der Waals surface area (Å²) in [6.07, 6.45) is 4.54. The van der Waals surface area contributed by atoms with Gasteiger partial charge in [-0.15, -0.1) is 0 Å². The van der Waals surface area contributed by atoms with Crippen LogP contribution in [0, 0.1) is 0 Å². The smallest absolute Gasteiger partial charge is 0.259 e. The molecule has 2 aromatic carbocycles. The number of carbonyl (C=O) groups is 1. The summed E-state index contributed by atoms with van der Waals surface area (Å²) in [5, 5.41) is 2.92. The summed E-state index contributed by atoms with van der Waals surface area (Å²) in [5.41, 5.74) is 1.19. The van der Waals surface area contributed by atoms with E-state index in [1.807, 2.05) is 49.4 Å². The SMILES string of the molecule is CCCCCCOc1ccccc1C(=O)Nc1ccccc1OCC. The maximum Gasteiger partial charge on any atom is 0.259 e. The largest absolute Gasteiger partial charge is 0.493 e. The number of nitrogens with one attached hydrogen (secondary N) is 1. The Labute approximate surface area is 150 Å². The highest BCUT2D eigenvalue weighted by Crippen LogP contribution is 2.26. The average molecular weight is 341 g/mol. The summed E-state index contributed by atoms with van der Waals surface area (Å²) in [7, 11) is 0. The molecular formula is C21H27NO3. The number of amides is 1. The van der Waals surface area contributed by atoms with E-state index >= 15 is 0 Å². The number of hydrogen-bond donors (Lipinski definition) is 1. The number of benzene rings is 2. The van der Waals surface area contributed by atoms with Gasteiger partial charge in [-0.05, 0) is 37.6 Å². The number of carbonyl (C=O) groups excluding carboxylic acids is 1. The van der Waals surface area contributed by atoms with Gasteiger partial charge in [0.25, 0.3) is 5.91 Å². The first-order valence-corrected chi connectivity index (χ1v) is 9.01. The second-order valence-corrected chi connectivity index (χ2v) is 5.79. The lowest BCUT2D eigenvalue weighted by Gasteiger charge is -2.14. The molecule has 134 valence electrons. The Hall–Kier alpha value is -2.49. The molecule has 0 bridgehead atoms. The van der Waals surface area contributed by atoms with Crippen LogP contribution in [-0.4, -0.2) is 19.1 Å². The summed E-state index contributed by atoms with van der Waals surface area (Å²) in [6.45, 7) is 5.27. The zero-order valence-corrected chi connectivity index (χ0v) is 15.1. The molecule has 0 radical (unpaired) electrons. The van der Waals surface area contributed by atoms with Crippen LogP contribution in [0.5, 0.6) is 11.5 Å². The van der Waals surface area contributed by atoms with Crippen LogP contribution in [0.2, 0.25) is 0 Å². The first-order valence-electron chi connectivity index (χ1n) is 9.01. The minimum atomic E-state index is -0.198. The van der Waals surface area contributed by atoms with Crippen molar-refractivity contribution in [2.45, 2.75) is 39.5 Å². The van der Waals surface area contributed by atoms with E-state index in [4.69, 9.17) is 9.47 Å². The van der Waals surface area contributed by atoms with E-state index in [0.29, 0.717) is 36.0 Å². The number of anilines is 1. The van der Waals surface area contributed by atoms with Gasteiger partial charge in [-0.2, -0.15) is 0 Å². The van der Waals surface area contributed by atoms with E-state index < -0.39 is 0 Å². The van der Waals surface area contributed by atoms with Crippen molar-refractivity contribution in [1.29, 1.82) is 0 Å². The molecule has 0 aliphatic heterocycles. The molecule has 4 heteroatoms. The molecule has 0 aliphatic carbocycles. The normalized spacial score (nSPS) is 10.3. The molecular weight excluding hydrogens is 314 g/mol. The highest BCUT2D eigenvalue weighted by molar-refractivity contribution is 6.06. The molecule has 0 heterocycles. The van der Waals surface area contributed by atoms with Crippen molar-refractivity contribution in [3.63, 3.8) is 0 Å². The van der Waals surface area contributed by atoms with Gasteiger partial charge in [0, 0.05) is 0 Å². The molecule has 0 fully saturated rings. The average Bonchev–Trinajstić information content (AvgIpc) is 2.64. The molecule has 0 aromatic heterocycles. The number of hydrogen-bond acceptors (Lipinski definition) is 3. The second kappa shape index (κ2) is 10.4. The maximum absolute atomic E-state index is 12.7. The van der Waals surface area contributed by atoms with Gasteiger partial charge in [0.2, 0.25) is 0 Å². The minimum Gasteiger partial charge on any atom is -0.493 e. The van der Waals surface area contributed by atoms with Gasteiger partial charge in [-0.3, -0.25) is 4.79 Å². The van der Waals surface area contributed by atoms with Crippen LogP contribution < -0.4 is 14.8 Å². The molecule has 25 heavy (non-hydrogen) atoms. The molecule has 2 aromatic rings. The van der Waals surface area contributed by atoms with Crippen molar-refractivity contribution in [1.82, 2.24) is 0 Å². The van der Waals surface area contributed by atoms with Crippen molar-refractivity contribution in [3.05, 3.63) is 54.1 Å². The number of para-hydroxylation sites is 3. The summed E-state index contributed by atoms with van der Waals surface area (Å²) < 4.78 is 11.4. The Kier molecular flexibility index (Phi) is 7.83. The van der Waals surface area contributed by atoms with E-state index in [1.54, 1.807) is 6.07 Å². The van der Waals surface area contributed by atoms with Crippen molar-refractivity contribution in [3.8, 4) is 11.5 Å². The zero-order chi connectivity index (χ0) is 17.9. The molecule has 0 spiro atoms. The molecule has 2 rings (SSSR count). The van der Waals surface area contributed by atoms with Crippen molar-refractivity contribution < 1.29 is 14.3 Å². The molecule has 0 aliphatic rings. The molecule has 4 nitrogen and oxygen atoms in total. The second-order valence-electron chi connectivity index (χ2n) is 5.79. The molecule has 1 N–H and O–H groups in total. The summed E-state index contributed by atoms with van der Waals surface area (Å²) >= 11 is 0. The number of ether oxygens (including phenoxy) is 2. The summed E-state index contributed by atoms with van der Waals surface area (Å²) in [6, 6.07) is 14.8. The zero-order valence-electron chi connectivity index (χ0n) is 15.1.